The fourth-order valence-corrected chi connectivity index (χ4v) is 3.80. The second-order valence-electron chi connectivity index (χ2n) is 6.83. The molecule has 1 heterocycles. The van der Waals surface area contributed by atoms with Gasteiger partial charge in [-0.15, -0.1) is 0 Å². The highest BCUT2D eigenvalue weighted by atomic mass is 15.2. The lowest BCUT2D eigenvalue weighted by atomic mass is 9.91. The number of hydrogen-bond acceptors (Lipinski definition) is 2. The molecule has 1 atom stereocenters. The third-order valence-corrected chi connectivity index (χ3v) is 5.20. The van der Waals surface area contributed by atoms with Crippen molar-refractivity contribution in [3.63, 3.8) is 0 Å². The third-order valence-electron chi connectivity index (χ3n) is 5.20. The summed E-state index contributed by atoms with van der Waals surface area (Å²) in [5, 5.41) is 3.87. The Morgan fingerprint density at radius 2 is 1.56 bits per heavy atom. The Bertz CT molecular complexity index is 241. The SMILES string of the molecule is C1CCCC(CNC2CCN(C3CC3)C2)CCC1. The van der Waals surface area contributed by atoms with Gasteiger partial charge in [0.25, 0.3) is 0 Å². The first-order valence-corrected chi connectivity index (χ1v) is 8.39. The topological polar surface area (TPSA) is 15.3 Å². The first-order valence-electron chi connectivity index (χ1n) is 8.39. The monoisotopic (exact) mass is 250 g/mol. The van der Waals surface area contributed by atoms with Crippen LogP contribution in [-0.4, -0.2) is 36.6 Å². The molecule has 0 aromatic carbocycles. The van der Waals surface area contributed by atoms with Crippen molar-refractivity contribution in [1.82, 2.24) is 10.2 Å². The van der Waals surface area contributed by atoms with Crippen molar-refractivity contribution in [1.29, 1.82) is 0 Å². The van der Waals surface area contributed by atoms with Crippen LogP contribution in [0.2, 0.25) is 0 Å². The Balaban J connectivity index is 1.35. The maximum absolute atomic E-state index is 3.87. The van der Waals surface area contributed by atoms with E-state index >= 15 is 0 Å². The minimum atomic E-state index is 0.802. The molecule has 2 heteroatoms. The highest BCUT2D eigenvalue weighted by Gasteiger charge is 2.34. The van der Waals surface area contributed by atoms with E-state index in [0.717, 1.165) is 18.0 Å². The van der Waals surface area contributed by atoms with E-state index in [4.69, 9.17) is 0 Å². The van der Waals surface area contributed by atoms with Crippen LogP contribution in [0.25, 0.3) is 0 Å². The molecular weight excluding hydrogens is 220 g/mol. The van der Waals surface area contributed by atoms with Crippen LogP contribution < -0.4 is 5.32 Å². The predicted octanol–water partition coefficient (Wildman–Crippen LogP) is 3.17. The molecule has 2 nitrogen and oxygen atoms in total. The summed E-state index contributed by atoms with van der Waals surface area (Å²) in [5.74, 6) is 0.972. The van der Waals surface area contributed by atoms with E-state index < -0.39 is 0 Å². The third kappa shape index (κ3) is 3.71. The van der Waals surface area contributed by atoms with Gasteiger partial charge < -0.3 is 5.32 Å². The molecule has 0 spiro atoms. The lowest BCUT2D eigenvalue weighted by molar-refractivity contribution is 0.306. The van der Waals surface area contributed by atoms with Crippen LogP contribution in [-0.2, 0) is 0 Å². The maximum atomic E-state index is 3.87. The quantitative estimate of drug-likeness (QED) is 0.824. The van der Waals surface area contributed by atoms with Crippen LogP contribution in [0.4, 0.5) is 0 Å². The molecule has 3 rings (SSSR count). The van der Waals surface area contributed by atoms with E-state index in [0.29, 0.717) is 0 Å². The second kappa shape index (κ2) is 6.38. The normalized spacial score (nSPS) is 32.3. The summed E-state index contributed by atoms with van der Waals surface area (Å²) < 4.78 is 0. The molecule has 2 saturated carbocycles. The molecule has 1 aliphatic heterocycles. The van der Waals surface area contributed by atoms with Crippen LogP contribution in [0.5, 0.6) is 0 Å². The molecular formula is C16H30N2. The second-order valence-corrected chi connectivity index (χ2v) is 6.83. The van der Waals surface area contributed by atoms with E-state index in [9.17, 15) is 0 Å². The summed E-state index contributed by atoms with van der Waals surface area (Å²) in [5.41, 5.74) is 0. The Hall–Kier alpha value is -0.0800. The van der Waals surface area contributed by atoms with Crippen LogP contribution in [0, 0.1) is 5.92 Å². The maximum Gasteiger partial charge on any atom is 0.0207 e. The Kier molecular flexibility index (Phi) is 4.58. The summed E-state index contributed by atoms with van der Waals surface area (Å²) in [6, 6.07) is 1.77. The number of rotatable bonds is 4. The number of likely N-dealkylation sites (tertiary alicyclic amines) is 1. The summed E-state index contributed by atoms with van der Waals surface area (Å²) in [6.07, 6.45) is 14.7. The zero-order valence-electron chi connectivity index (χ0n) is 11.9. The smallest absolute Gasteiger partial charge is 0.0207 e. The van der Waals surface area contributed by atoms with Gasteiger partial charge in [0.2, 0.25) is 0 Å². The van der Waals surface area contributed by atoms with Gasteiger partial charge in [0, 0.05) is 25.2 Å². The molecule has 0 bridgehead atoms. The van der Waals surface area contributed by atoms with Crippen LogP contribution in [0.1, 0.15) is 64.2 Å². The molecule has 3 fully saturated rings. The predicted molar refractivity (Wildman–Crippen MR) is 76.8 cm³/mol. The fourth-order valence-electron chi connectivity index (χ4n) is 3.80. The Labute approximate surface area is 113 Å². The lowest BCUT2D eigenvalue weighted by Gasteiger charge is -2.22. The van der Waals surface area contributed by atoms with Gasteiger partial charge in [0.05, 0.1) is 0 Å². The van der Waals surface area contributed by atoms with Gasteiger partial charge >= 0.3 is 0 Å². The van der Waals surface area contributed by atoms with E-state index in [1.807, 2.05) is 0 Å². The van der Waals surface area contributed by atoms with Crippen LogP contribution in [0.3, 0.4) is 0 Å². The van der Waals surface area contributed by atoms with Crippen molar-refractivity contribution in [2.24, 2.45) is 5.92 Å². The van der Waals surface area contributed by atoms with Crippen molar-refractivity contribution >= 4 is 0 Å². The van der Waals surface area contributed by atoms with Crippen molar-refractivity contribution in [3.8, 4) is 0 Å². The molecule has 0 aromatic rings. The van der Waals surface area contributed by atoms with Crippen LogP contribution in [0.15, 0.2) is 0 Å². The van der Waals surface area contributed by atoms with Gasteiger partial charge in [-0.05, 0) is 44.6 Å². The van der Waals surface area contributed by atoms with Crippen molar-refractivity contribution in [2.45, 2.75) is 76.3 Å². The molecule has 18 heavy (non-hydrogen) atoms. The molecule has 0 amide bonds. The standard InChI is InChI=1S/C16H30N2/c1-2-4-6-14(7-5-3-1)12-17-15-10-11-18(13-15)16-8-9-16/h14-17H,1-13H2. The highest BCUT2D eigenvalue weighted by Crippen LogP contribution is 2.30. The average molecular weight is 250 g/mol. The number of hydrogen-bond donors (Lipinski definition) is 1. The van der Waals surface area contributed by atoms with Gasteiger partial charge in [-0.3, -0.25) is 4.90 Å². The zero-order chi connectivity index (χ0) is 12.2. The fraction of sp³-hybridized carbons (Fsp3) is 1.00. The summed E-state index contributed by atoms with van der Waals surface area (Å²) >= 11 is 0. The average Bonchev–Trinajstić information content (AvgIpc) is 3.08. The minimum Gasteiger partial charge on any atom is -0.312 e. The van der Waals surface area contributed by atoms with E-state index in [2.05, 4.69) is 10.2 Å². The summed E-state index contributed by atoms with van der Waals surface area (Å²) in [4.78, 5) is 2.72. The molecule has 1 saturated heterocycles. The van der Waals surface area contributed by atoms with Gasteiger partial charge in [0.1, 0.15) is 0 Å². The summed E-state index contributed by atoms with van der Waals surface area (Å²) in [6.45, 7) is 3.98. The van der Waals surface area contributed by atoms with Crippen LogP contribution >= 0.6 is 0 Å². The molecule has 0 aromatic heterocycles. The molecule has 1 unspecified atom stereocenters. The van der Waals surface area contributed by atoms with Gasteiger partial charge in [-0.1, -0.05) is 32.1 Å². The first kappa shape index (κ1) is 12.9. The first-order chi connectivity index (χ1) is 8.92. The number of nitrogens with zero attached hydrogens (tertiary/aromatic N) is 1. The Morgan fingerprint density at radius 3 is 2.28 bits per heavy atom. The zero-order valence-corrected chi connectivity index (χ0v) is 11.9. The molecule has 0 radical (unpaired) electrons. The van der Waals surface area contributed by atoms with Gasteiger partial charge in [-0.2, -0.15) is 0 Å². The van der Waals surface area contributed by atoms with Crippen molar-refractivity contribution in [2.75, 3.05) is 19.6 Å². The van der Waals surface area contributed by atoms with Gasteiger partial charge in [0.15, 0.2) is 0 Å². The van der Waals surface area contributed by atoms with E-state index in [-0.39, 0.29) is 0 Å². The van der Waals surface area contributed by atoms with E-state index in [1.165, 1.54) is 83.8 Å². The van der Waals surface area contributed by atoms with E-state index in [1.54, 1.807) is 0 Å². The molecule has 104 valence electrons. The van der Waals surface area contributed by atoms with Gasteiger partial charge in [-0.25, -0.2) is 0 Å². The molecule has 3 aliphatic rings. The summed E-state index contributed by atoms with van der Waals surface area (Å²) in [7, 11) is 0. The largest absolute Gasteiger partial charge is 0.312 e. The number of nitrogens with one attached hydrogen (secondary N) is 1. The molecule has 2 aliphatic carbocycles. The lowest BCUT2D eigenvalue weighted by Crippen LogP contribution is -2.36. The molecule has 1 N–H and O–H groups in total. The minimum absolute atomic E-state index is 0.802. The highest BCUT2D eigenvalue weighted by molar-refractivity contribution is 4.92. The van der Waals surface area contributed by atoms with Crippen molar-refractivity contribution in [3.05, 3.63) is 0 Å². The van der Waals surface area contributed by atoms with Crippen molar-refractivity contribution < 1.29 is 0 Å². The Morgan fingerprint density at radius 1 is 0.833 bits per heavy atom.